The van der Waals surface area contributed by atoms with Gasteiger partial charge in [0.1, 0.15) is 0 Å². The molecular weight excluding hydrogens is 224 g/mol. The van der Waals surface area contributed by atoms with Crippen LogP contribution in [0.25, 0.3) is 6.08 Å². The zero-order valence-electron chi connectivity index (χ0n) is 9.61. The first kappa shape index (κ1) is 12.9. The molecule has 1 unspecified atom stereocenters. The summed E-state index contributed by atoms with van der Waals surface area (Å²) >= 11 is 1.54. The average molecular weight is 240 g/mol. The maximum absolute atomic E-state index is 11.4. The van der Waals surface area contributed by atoms with Crippen molar-refractivity contribution < 1.29 is 9.53 Å². The number of rotatable bonds is 4. The number of methoxy groups -OCH3 is 1. The van der Waals surface area contributed by atoms with E-state index >= 15 is 0 Å². The van der Waals surface area contributed by atoms with Crippen LogP contribution in [0.4, 0.5) is 0 Å². The molecule has 1 atom stereocenters. The van der Waals surface area contributed by atoms with Gasteiger partial charge in [-0.25, -0.2) is 5.84 Å². The fourth-order valence-corrected chi connectivity index (χ4v) is 2.52. The number of carbonyl (C=O) groups excluding carboxylic acids is 1. The van der Waals surface area contributed by atoms with Crippen molar-refractivity contribution in [1.29, 1.82) is 0 Å². The van der Waals surface area contributed by atoms with E-state index in [-0.39, 0.29) is 5.91 Å². The molecule has 1 aromatic heterocycles. The predicted molar refractivity (Wildman–Crippen MR) is 65.8 cm³/mol. The zero-order valence-corrected chi connectivity index (χ0v) is 10.4. The Balaban J connectivity index is 3.02. The van der Waals surface area contributed by atoms with E-state index in [1.54, 1.807) is 0 Å². The summed E-state index contributed by atoms with van der Waals surface area (Å²) in [6.07, 6.45) is 3.33. The molecule has 4 nitrogen and oxygen atoms in total. The highest BCUT2D eigenvalue weighted by Gasteiger charge is 2.21. The van der Waals surface area contributed by atoms with Gasteiger partial charge in [0.05, 0.1) is 0 Å². The second kappa shape index (κ2) is 5.79. The van der Waals surface area contributed by atoms with Crippen molar-refractivity contribution in [3.05, 3.63) is 27.5 Å². The second-order valence-electron chi connectivity index (χ2n) is 3.28. The molecule has 0 saturated heterocycles. The molecule has 16 heavy (non-hydrogen) atoms. The van der Waals surface area contributed by atoms with Gasteiger partial charge in [-0.15, -0.1) is 11.3 Å². The Labute approximate surface area is 99.1 Å². The number of allylic oxidation sites excluding steroid dienone is 1. The number of hydrazine groups is 1. The Bertz CT molecular complexity index is 399. The van der Waals surface area contributed by atoms with Crippen molar-refractivity contribution in [3.8, 4) is 0 Å². The Morgan fingerprint density at radius 3 is 2.88 bits per heavy atom. The third-order valence-corrected chi connectivity index (χ3v) is 3.31. The van der Waals surface area contributed by atoms with Crippen LogP contribution >= 0.6 is 11.3 Å². The van der Waals surface area contributed by atoms with Gasteiger partial charge in [-0.1, -0.05) is 12.2 Å². The molecule has 0 aliphatic heterocycles. The fraction of sp³-hybridized carbons (Fsp3) is 0.364. The molecule has 0 aromatic carbocycles. The van der Waals surface area contributed by atoms with Gasteiger partial charge in [0, 0.05) is 16.9 Å². The van der Waals surface area contributed by atoms with Gasteiger partial charge < -0.3 is 4.74 Å². The number of hydrogen-bond acceptors (Lipinski definition) is 4. The molecule has 5 heteroatoms. The lowest BCUT2D eigenvalue weighted by Crippen LogP contribution is -2.35. The van der Waals surface area contributed by atoms with E-state index in [1.165, 1.54) is 18.4 Å². The molecule has 88 valence electrons. The van der Waals surface area contributed by atoms with Gasteiger partial charge in [-0.2, -0.15) is 0 Å². The third kappa shape index (κ3) is 2.69. The van der Waals surface area contributed by atoms with E-state index in [1.807, 2.05) is 32.1 Å². The lowest BCUT2D eigenvalue weighted by molar-refractivity contribution is -0.131. The molecule has 1 amide bonds. The highest BCUT2D eigenvalue weighted by atomic mass is 32.1. The standard InChI is InChI=1S/C11H16N2O2S/c1-4-5-8-6-9(16-7(8)2)10(15-3)11(14)13-12/h4-6,10H,12H2,1-3H3,(H,13,14). The van der Waals surface area contributed by atoms with Crippen molar-refractivity contribution in [2.75, 3.05) is 7.11 Å². The smallest absolute Gasteiger partial charge is 0.268 e. The summed E-state index contributed by atoms with van der Waals surface area (Å²) in [5.41, 5.74) is 3.21. The summed E-state index contributed by atoms with van der Waals surface area (Å²) in [5, 5.41) is 0. The highest BCUT2D eigenvalue weighted by molar-refractivity contribution is 7.12. The van der Waals surface area contributed by atoms with Crippen molar-refractivity contribution in [2.45, 2.75) is 20.0 Å². The monoisotopic (exact) mass is 240 g/mol. The van der Waals surface area contributed by atoms with Crippen LogP contribution in [0.3, 0.4) is 0 Å². The topological polar surface area (TPSA) is 64.3 Å². The average Bonchev–Trinajstić information content (AvgIpc) is 2.61. The first-order chi connectivity index (χ1) is 7.63. The summed E-state index contributed by atoms with van der Waals surface area (Å²) in [6, 6.07) is 1.95. The van der Waals surface area contributed by atoms with Crippen LogP contribution in [0.2, 0.25) is 0 Å². The predicted octanol–water partition coefficient (Wildman–Crippen LogP) is 1.77. The molecule has 0 saturated carbocycles. The molecule has 0 spiro atoms. The minimum atomic E-state index is -0.632. The number of amides is 1. The van der Waals surface area contributed by atoms with Gasteiger partial charge in [0.25, 0.3) is 5.91 Å². The fourth-order valence-electron chi connectivity index (χ4n) is 1.42. The number of ether oxygens (including phenoxy) is 1. The highest BCUT2D eigenvalue weighted by Crippen LogP contribution is 2.29. The Morgan fingerprint density at radius 1 is 1.69 bits per heavy atom. The van der Waals surface area contributed by atoms with Gasteiger partial charge >= 0.3 is 0 Å². The molecule has 0 fully saturated rings. The molecule has 1 rings (SSSR count). The Hall–Kier alpha value is -1.17. The number of thiophene rings is 1. The molecular formula is C11H16N2O2S. The number of hydrogen-bond donors (Lipinski definition) is 2. The van der Waals surface area contributed by atoms with Crippen LogP contribution in [0, 0.1) is 6.92 Å². The molecule has 0 aliphatic carbocycles. The minimum absolute atomic E-state index is 0.337. The molecule has 0 bridgehead atoms. The number of nitrogens with two attached hydrogens (primary N) is 1. The zero-order chi connectivity index (χ0) is 12.1. The molecule has 1 heterocycles. The van der Waals surface area contributed by atoms with E-state index in [0.717, 1.165) is 15.3 Å². The van der Waals surface area contributed by atoms with Gasteiger partial charge in [0.15, 0.2) is 6.10 Å². The van der Waals surface area contributed by atoms with Crippen LogP contribution in [0.5, 0.6) is 0 Å². The summed E-state index contributed by atoms with van der Waals surface area (Å²) in [6.45, 7) is 3.97. The maximum Gasteiger partial charge on any atom is 0.268 e. The summed E-state index contributed by atoms with van der Waals surface area (Å²) in [5.74, 6) is 4.76. The summed E-state index contributed by atoms with van der Waals surface area (Å²) < 4.78 is 5.13. The van der Waals surface area contributed by atoms with E-state index in [2.05, 4.69) is 5.43 Å². The van der Waals surface area contributed by atoms with Crippen LogP contribution in [0.1, 0.15) is 28.3 Å². The van der Waals surface area contributed by atoms with Crippen LogP contribution in [-0.4, -0.2) is 13.0 Å². The van der Waals surface area contributed by atoms with Crippen molar-refractivity contribution in [2.24, 2.45) is 5.84 Å². The van der Waals surface area contributed by atoms with Crippen LogP contribution < -0.4 is 11.3 Å². The normalized spacial score (nSPS) is 13.0. The summed E-state index contributed by atoms with van der Waals surface area (Å²) in [7, 11) is 1.49. The van der Waals surface area contributed by atoms with E-state index in [4.69, 9.17) is 10.6 Å². The summed E-state index contributed by atoms with van der Waals surface area (Å²) in [4.78, 5) is 13.5. The van der Waals surface area contributed by atoms with E-state index in [0.29, 0.717) is 0 Å². The lowest BCUT2D eigenvalue weighted by atomic mass is 10.2. The van der Waals surface area contributed by atoms with Crippen molar-refractivity contribution >= 4 is 23.3 Å². The van der Waals surface area contributed by atoms with Crippen molar-refractivity contribution in [3.63, 3.8) is 0 Å². The Kier molecular flexibility index (Phi) is 4.67. The first-order valence-corrected chi connectivity index (χ1v) is 5.72. The quantitative estimate of drug-likeness (QED) is 0.479. The molecule has 3 N–H and O–H groups in total. The van der Waals surface area contributed by atoms with Crippen LogP contribution in [-0.2, 0) is 9.53 Å². The maximum atomic E-state index is 11.4. The van der Waals surface area contributed by atoms with Crippen molar-refractivity contribution in [1.82, 2.24) is 5.43 Å². The minimum Gasteiger partial charge on any atom is -0.366 e. The number of carbonyl (C=O) groups is 1. The third-order valence-electron chi connectivity index (χ3n) is 2.20. The Morgan fingerprint density at radius 2 is 2.38 bits per heavy atom. The number of aryl methyl sites for hydroxylation is 1. The molecule has 0 aliphatic rings. The lowest BCUT2D eigenvalue weighted by Gasteiger charge is -2.10. The van der Waals surface area contributed by atoms with E-state index in [9.17, 15) is 4.79 Å². The largest absolute Gasteiger partial charge is 0.366 e. The SMILES string of the molecule is CC=Cc1cc(C(OC)C(=O)NN)sc1C. The van der Waals surface area contributed by atoms with Crippen LogP contribution in [0.15, 0.2) is 12.1 Å². The molecule has 0 radical (unpaired) electrons. The first-order valence-electron chi connectivity index (χ1n) is 4.90. The van der Waals surface area contributed by atoms with Gasteiger partial charge in [0.2, 0.25) is 0 Å². The van der Waals surface area contributed by atoms with Gasteiger partial charge in [-0.05, 0) is 25.5 Å². The number of nitrogens with one attached hydrogen (secondary N) is 1. The second-order valence-corrected chi connectivity index (χ2v) is 4.57. The van der Waals surface area contributed by atoms with Gasteiger partial charge in [-0.3, -0.25) is 10.2 Å². The molecule has 1 aromatic rings. The van der Waals surface area contributed by atoms with E-state index < -0.39 is 6.10 Å².